The van der Waals surface area contributed by atoms with Crippen molar-refractivity contribution in [1.29, 1.82) is 0 Å². The quantitative estimate of drug-likeness (QED) is 0.860. The summed E-state index contributed by atoms with van der Waals surface area (Å²) >= 11 is 0. The SMILES string of the molecule is COc1nc(C(N)=O)nn1Cc1ccccc1F. The minimum Gasteiger partial charge on any atom is -0.467 e. The van der Waals surface area contributed by atoms with Crippen molar-refractivity contribution in [1.82, 2.24) is 14.8 Å². The van der Waals surface area contributed by atoms with Crippen LogP contribution in [0.15, 0.2) is 24.3 Å². The van der Waals surface area contributed by atoms with Gasteiger partial charge in [0.1, 0.15) is 5.82 Å². The maximum atomic E-state index is 13.5. The van der Waals surface area contributed by atoms with Crippen molar-refractivity contribution in [3.8, 4) is 6.01 Å². The van der Waals surface area contributed by atoms with Crippen molar-refractivity contribution in [2.75, 3.05) is 7.11 Å². The highest BCUT2D eigenvalue weighted by atomic mass is 19.1. The van der Waals surface area contributed by atoms with Gasteiger partial charge >= 0.3 is 6.01 Å². The van der Waals surface area contributed by atoms with Crippen molar-refractivity contribution >= 4 is 5.91 Å². The molecular weight excluding hydrogens is 239 g/mol. The molecule has 6 nitrogen and oxygen atoms in total. The predicted molar refractivity (Wildman–Crippen MR) is 60.6 cm³/mol. The molecule has 0 aliphatic heterocycles. The number of benzene rings is 1. The summed E-state index contributed by atoms with van der Waals surface area (Å²) in [5.74, 6) is -1.29. The first-order chi connectivity index (χ1) is 8.61. The molecule has 1 aromatic heterocycles. The zero-order valence-corrected chi connectivity index (χ0v) is 9.63. The fourth-order valence-electron chi connectivity index (χ4n) is 1.47. The molecule has 2 N–H and O–H groups in total. The van der Waals surface area contributed by atoms with Crippen molar-refractivity contribution < 1.29 is 13.9 Å². The van der Waals surface area contributed by atoms with Gasteiger partial charge in [-0.1, -0.05) is 18.2 Å². The number of halogens is 1. The van der Waals surface area contributed by atoms with E-state index in [1.165, 1.54) is 17.9 Å². The number of hydrogen-bond donors (Lipinski definition) is 1. The number of methoxy groups -OCH3 is 1. The molecule has 0 bridgehead atoms. The van der Waals surface area contributed by atoms with E-state index >= 15 is 0 Å². The number of amides is 1. The van der Waals surface area contributed by atoms with Gasteiger partial charge in [-0.15, -0.1) is 5.10 Å². The molecule has 1 heterocycles. The van der Waals surface area contributed by atoms with Crippen LogP contribution < -0.4 is 10.5 Å². The molecule has 2 rings (SSSR count). The number of ether oxygens (including phenoxy) is 1. The summed E-state index contributed by atoms with van der Waals surface area (Å²) in [6.07, 6.45) is 0. The number of nitrogens with zero attached hydrogens (tertiary/aromatic N) is 3. The standard InChI is InChI=1S/C11H11FN4O2/c1-18-11-14-10(9(13)17)15-16(11)6-7-4-2-3-5-8(7)12/h2-5H,6H2,1H3,(H2,13,17). The van der Waals surface area contributed by atoms with Crippen LogP contribution in [0.3, 0.4) is 0 Å². The molecule has 0 spiro atoms. The van der Waals surface area contributed by atoms with Crippen LogP contribution in [-0.2, 0) is 6.54 Å². The van der Waals surface area contributed by atoms with Crippen molar-refractivity contribution in [3.05, 3.63) is 41.5 Å². The number of carbonyl (C=O) groups is 1. The van der Waals surface area contributed by atoms with Crippen molar-refractivity contribution in [2.24, 2.45) is 5.73 Å². The van der Waals surface area contributed by atoms with E-state index in [2.05, 4.69) is 10.1 Å². The van der Waals surface area contributed by atoms with Crippen LogP contribution in [0.4, 0.5) is 4.39 Å². The minimum absolute atomic E-state index is 0.104. The molecule has 0 aliphatic rings. The number of primary amides is 1. The molecule has 0 aliphatic carbocycles. The summed E-state index contributed by atoms with van der Waals surface area (Å²) in [6, 6.07) is 6.35. The highest BCUT2D eigenvalue weighted by Gasteiger charge is 2.15. The Labute approximate surface area is 102 Å². The van der Waals surface area contributed by atoms with E-state index in [9.17, 15) is 9.18 Å². The maximum absolute atomic E-state index is 13.5. The second kappa shape index (κ2) is 4.82. The van der Waals surface area contributed by atoms with Gasteiger partial charge in [0.05, 0.1) is 13.7 Å². The van der Waals surface area contributed by atoms with Crippen LogP contribution in [0, 0.1) is 5.82 Å². The average molecular weight is 250 g/mol. The summed E-state index contributed by atoms with van der Waals surface area (Å²) in [6.45, 7) is 0.107. The normalized spacial score (nSPS) is 10.3. The van der Waals surface area contributed by atoms with Crippen molar-refractivity contribution in [3.63, 3.8) is 0 Å². The Morgan fingerprint density at radius 3 is 2.83 bits per heavy atom. The number of hydrogen-bond acceptors (Lipinski definition) is 4. The zero-order valence-electron chi connectivity index (χ0n) is 9.63. The van der Waals surface area contributed by atoms with Crippen LogP contribution >= 0.6 is 0 Å². The lowest BCUT2D eigenvalue weighted by Crippen LogP contribution is -2.14. The molecule has 0 atom stereocenters. The number of rotatable bonds is 4. The first-order valence-electron chi connectivity index (χ1n) is 5.14. The van der Waals surface area contributed by atoms with Gasteiger partial charge in [0.2, 0.25) is 5.82 Å². The molecule has 0 unspecified atom stereocenters. The van der Waals surface area contributed by atoms with Crippen LogP contribution in [0.2, 0.25) is 0 Å². The first kappa shape index (κ1) is 12.0. The lowest BCUT2D eigenvalue weighted by molar-refractivity contribution is 0.0990. The molecule has 1 amide bonds. The molecule has 0 radical (unpaired) electrons. The summed E-state index contributed by atoms with van der Waals surface area (Å²) in [4.78, 5) is 14.7. The molecule has 7 heteroatoms. The minimum atomic E-state index is -0.763. The number of nitrogens with two attached hydrogens (primary N) is 1. The molecular formula is C11H11FN4O2. The highest BCUT2D eigenvalue weighted by molar-refractivity contribution is 5.88. The van der Waals surface area contributed by atoms with Gasteiger partial charge in [0, 0.05) is 5.56 Å². The molecule has 0 fully saturated rings. The lowest BCUT2D eigenvalue weighted by atomic mass is 10.2. The van der Waals surface area contributed by atoms with E-state index < -0.39 is 5.91 Å². The molecule has 0 saturated carbocycles. The van der Waals surface area contributed by atoms with Crippen molar-refractivity contribution in [2.45, 2.75) is 6.54 Å². The topological polar surface area (TPSA) is 83.0 Å². The second-order valence-electron chi connectivity index (χ2n) is 3.54. The summed E-state index contributed by atoms with van der Waals surface area (Å²) in [7, 11) is 1.38. The Balaban J connectivity index is 2.34. The third-order valence-corrected chi connectivity index (χ3v) is 2.32. The third kappa shape index (κ3) is 2.29. The largest absolute Gasteiger partial charge is 0.467 e. The highest BCUT2D eigenvalue weighted by Crippen LogP contribution is 2.13. The molecule has 18 heavy (non-hydrogen) atoms. The van der Waals surface area contributed by atoms with E-state index in [1.54, 1.807) is 18.2 Å². The maximum Gasteiger partial charge on any atom is 0.315 e. The first-order valence-corrected chi connectivity index (χ1v) is 5.14. The van der Waals surface area contributed by atoms with E-state index in [0.29, 0.717) is 5.56 Å². The van der Waals surface area contributed by atoms with Gasteiger partial charge in [-0.2, -0.15) is 4.98 Å². The fraction of sp³-hybridized carbons (Fsp3) is 0.182. The van der Waals surface area contributed by atoms with Gasteiger partial charge in [-0.3, -0.25) is 4.79 Å². The Bertz CT molecular complexity index is 582. The number of carbonyl (C=O) groups excluding carboxylic acids is 1. The molecule has 2 aromatic rings. The van der Waals surface area contributed by atoms with E-state index in [0.717, 1.165) is 0 Å². The fourth-order valence-corrected chi connectivity index (χ4v) is 1.47. The van der Waals surface area contributed by atoms with E-state index in [-0.39, 0.29) is 24.2 Å². The molecule has 94 valence electrons. The average Bonchev–Trinajstić information content (AvgIpc) is 2.75. The Morgan fingerprint density at radius 1 is 1.50 bits per heavy atom. The Hall–Kier alpha value is -2.44. The second-order valence-corrected chi connectivity index (χ2v) is 3.54. The zero-order chi connectivity index (χ0) is 13.1. The van der Waals surface area contributed by atoms with Crippen LogP contribution in [0.1, 0.15) is 16.2 Å². The summed E-state index contributed by atoms with van der Waals surface area (Å²) < 4.78 is 19.7. The van der Waals surface area contributed by atoms with Gasteiger partial charge < -0.3 is 10.5 Å². The Morgan fingerprint density at radius 2 is 2.22 bits per heavy atom. The summed E-state index contributed by atoms with van der Waals surface area (Å²) in [5.41, 5.74) is 5.48. The third-order valence-electron chi connectivity index (χ3n) is 2.32. The van der Waals surface area contributed by atoms with E-state index in [1.807, 2.05) is 0 Å². The Kier molecular flexibility index (Phi) is 3.22. The molecule has 0 saturated heterocycles. The van der Waals surface area contributed by atoms with Crippen LogP contribution in [-0.4, -0.2) is 27.8 Å². The number of aromatic nitrogens is 3. The van der Waals surface area contributed by atoms with Crippen LogP contribution in [0.5, 0.6) is 6.01 Å². The van der Waals surface area contributed by atoms with Gasteiger partial charge in [0.15, 0.2) is 0 Å². The van der Waals surface area contributed by atoms with Crippen LogP contribution in [0.25, 0.3) is 0 Å². The van der Waals surface area contributed by atoms with Gasteiger partial charge in [-0.05, 0) is 6.07 Å². The van der Waals surface area contributed by atoms with Gasteiger partial charge in [0.25, 0.3) is 5.91 Å². The molecule has 1 aromatic carbocycles. The predicted octanol–water partition coefficient (Wildman–Crippen LogP) is 0.573. The van der Waals surface area contributed by atoms with E-state index in [4.69, 9.17) is 10.5 Å². The smallest absolute Gasteiger partial charge is 0.315 e. The lowest BCUT2D eigenvalue weighted by Gasteiger charge is -2.05. The summed E-state index contributed by atoms with van der Waals surface area (Å²) in [5, 5.41) is 3.86. The monoisotopic (exact) mass is 250 g/mol. The van der Waals surface area contributed by atoms with Gasteiger partial charge in [-0.25, -0.2) is 9.07 Å².